The smallest absolute Gasteiger partial charge is 0.244 e. The molecule has 196 valence electrons. The van der Waals surface area contributed by atoms with Crippen LogP contribution in [0.3, 0.4) is 0 Å². The molecule has 11 heteroatoms. The zero-order chi connectivity index (χ0) is 26.3. The molecule has 2 amide bonds. The fraction of sp³-hybridized carbons (Fsp3) is 0.440. The lowest BCUT2D eigenvalue weighted by molar-refractivity contribution is -0.140. The van der Waals surface area contributed by atoms with E-state index in [0.717, 1.165) is 16.1 Å². The first kappa shape index (κ1) is 27.1. The maximum Gasteiger partial charge on any atom is 0.244 e. The van der Waals surface area contributed by atoms with Gasteiger partial charge >= 0.3 is 0 Å². The highest BCUT2D eigenvalue weighted by atomic mass is 32.2. The number of ether oxygens (including phenoxy) is 3. The normalized spacial score (nSPS) is 13.4. The summed E-state index contributed by atoms with van der Waals surface area (Å²) < 4.78 is 42.8. The first-order chi connectivity index (χ1) is 17.2. The Morgan fingerprint density at radius 3 is 2.31 bits per heavy atom. The summed E-state index contributed by atoms with van der Waals surface area (Å²) >= 11 is 0. The van der Waals surface area contributed by atoms with Crippen LogP contribution in [0.2, 0.25) is 0 Å². The standard InChI is InChI=1S/C25H33N3O7S/c1-5-21(25(30)26-6-2)27(16-18-7-10-20(33-3)11-8-18)24(29)17-28(36(4,31)32)19-9-12-22-23(15-19)35-14-13-34-22/h7-12,15,21H,5-6,13-14,16-17H2,1-4H3,(H,26,30). The van der Waals surface area contributed by atoms with Crippen LogP contribution in [-0.4, -0.2) is 70.8 Å². The van der Waals surface area contributed by atoms with Crippen molar-refractivity contribution < 1.29 is 32.2 Å². The van der Waals surface area contributed by atoms with Gasteiger partial charge in [-0.05, 0) is 43.2 Å². The molecule has 1 N–H and O–H groups in total. The number of amides is 2. The number of benzene rings is 2. The second kappa shape index (κ2) is 12.0. The van der Waals surface area contributed by atoms with E-state index >= 15 is 0 Å². The van der Waals surface area contributed by atoms with Gasteiger partial charge in [-0.3, -0.25) is 13.9 Å². The van der Waals surface area contributed by atoms with Crippen LogP contribution < -0.4 is 23.8 Å². The molecule has 0 aromatic heterocycles. The van der Waals surface area contributed by atoms with E-state index in [0.29, 0.717) is 43.4 Å². The number of hydrogen-bond acceptors (Lipinski definition) is 7. The van der Waals surface area contributed by atoms with Gasteiger partial charge in [-0.25, -0.2) is 8.42 Å². The molecule has 3 rings (SSSR count). The molecular weight excluding hydrogens is 486 g/mol. The minimum absolute atomic E-state index is 0.122. The molecule has 1 aliphatic rings. The Kier molecular flexibility index (Phi) is 9.03. The van der Waals surface area contributed by atoms with Gasteiger partial charge in [-0.15, -0.1) is 0 Å². The quantitative estimate of drug-likeness (QED) is 0.484. The molecule has 0 aliphatic carbocycles. The summed E-state index contributed by atoms with van der Waals surface area (Å²) in [5.41, 5.74) is 1.04. The third kappa shape index (κ3) is 6.60. The van der Waals surface area contributed by atoms with E-state index in [-0.39, 0.29) is 18.1 Å². The molecule has 1 aliphatic heterocycles. The summed E-state index contributed by atoms with van der Waals surface area (Å²) in [5, 5.41) is 2.77. The predicted molar refractivity (Wildman–Crippen MR) is 136 cm³/mol. The van der Waals surface area contributed by atoms with Crippen molar-refractivity contribution in [2.24, 2.45) is 0 Å². The number of methoxy groups -OCH3 is 1. The third-order valence-electron chi connectivity index (χ3n) is 5.74. The second-order valence-corrected chi connectivity index (χ2v) is 10.2. The Morgan fingerprint density at radius 1 is 1.06 bits per heavy atom. The van der Waals surface area contributed by atoms with Crippen LogP contribution in [0.15, 0.2) is 42.5 Å². The number of carbonyl (C=O) groups is 2. The molecule has 1 unspecified atom stereocenters. The molecule has 1 heterocycles. The van der Waals surface area contributed by atoms with E-state index in [4.69, 9.17) is 14.2 Å². The van der Waals surface area contributed by atoms with Crippen molar-refractivity contribution >= 4 is 27.5 Å². The number of sulfonamides is 1. The lowest BCUT2D eigenvalue weighted by Crippen LogP contribution is -2.52. The molecule has 0 bridgehead atoms. The van der Waals surface area contributed by atoms with Gasteiger partial charge in [0.05, 0.1) is 19.1 Å². The van der Waals surface area contributed by atoms with Gasteiger partial charge in [0.1, 0.15) is 31.5 Å². The van der Waals surface area contributed by atoms with Gasteiger partial charge in [0, 0.05) is 19.2 Å². The Labute approximate surface area is 212 Å². The Morgan fingerprint density at radius 2 is 1.72 bits per heavy atom. The van der Waals surface area contributed by atoms with Gasteiger partial charge in [0.15, 0.2) is 11.5 Å². The topological polar surface area (TPSA) is 114 Å². The molecule has 2 aromatic rings. The fourth-order valence-electron chi connectivity index (χ4n) is 3.94. The molecule has 0 saturated carbocycles. The van der Waals surface area contributed by atoms with E-state index in [1.807, 2.05) is 6.92 Å². The molecule has 36 heavy (non-hydrogen) atoms. The first-order valence-electron chi connectivity index (χ1n) is 11.7. The van der Waals surface area contributed by atoms with E-state index in [1.54, 1.807) is 50.4 Å². The molecule has 0 saturated heterocycles. The van der Waals surface area contributed by atoms with Gasteiger partial charge in [-0.1, -0.05) is 19.1 Å². The van der Waals surface area contributed by atoms with Crippen molar-refractivity contribution in [3.8, 4) is 17.2 Å². The number of hydrogen-bond donors (Lipinski definition) is 1. The zero-order valence-corrected chi connectivity index (χ0v) is 21.8. The highest BCUT2D eigenvalue weighted by Gasteiger charge is 2.32. The van der Waals surface area contributed by atoms with Crippen molar-refractivity contribution in [2.45, 2.75) is 32.9 Å². The average Bonchev–Trinajstić information content (AvgIpc) is 2.86. The number of carbonyl (C=O) groups excluding carboxylic acids is 2. The predicted octanol–water partition coefficient (Wildman–Crippen LogP) is 2.18. The molecule has 1 atom stereocenters. The van der Waals surface area contributed by atoms with Gasteiger partial charge in [-0.2, -0.15) is 0 Å². The lowest BCUT2D eigenvalue weighted by Gasteiger charge is -2.33. The van der Waals surface area contributed by atoms with Crippen LogP contribution in [0, 0.1) is 0 Å². The minimum Gasteiger partial charge on any atom is -0.497 e. The number of anilines is 1. The number of nitrogens with one attached hydrogen (secondary N) is 1. The molecule has 0 fully saturated rings. The highest BCUT2D eigenvalue weighted by Crippen LogP contribution is 2.34. The van der Waals surface area contributed by atoms with E-state index in [2.05, 4.69) is 5.32 Å². The summed E-state index contributed by atoms with van der Waals surface area (Å²) in [6.07, 6.45) is 1.39. The highest BCUT2D eigenvalue weighted by molar-refractivity contribution is 7.92. The zero-order valence-electron chi connectivity index (χ0n) is 21.0. The van der Waals surface area contributed by atoms with Gasteiger partial charge in [0.2, 0.25) is 21.8 Å². The average molecular weight is 520 g/mol. The van der Waals surface area contributed by atoms with E-state index in [1.165, 1.54) is 11.0 Å². The summed E-state index contributed by atoms with van der Waals surface area (Å²) in [7, 11) is -2.29. The van der Waals surface area contributed by atoms with Crippen molar-refractivity contribution in [3.63, 3.8) is 0 Å². The largest absolute Gasteiger partial charge is 0.497 e. The molecule has 10 nitrogen and oxygen atoms in total. The summed E-state index contributed by atoms with van der Waals surface area (Å²) in [6, 6.07) is 11.1. The van der Waals surface area contributed by atoms with Crippen LogP contribution in [0.25, 0.3) is 0 Å². The van der Waals surface area contributed by atoms with Gasteiger partial charge < -0.3 is 24.4 Å². The van der Waals surface area contributed by atoms with E-state index < -0.39 is 28.5 Å². The summed E-state index contributed by atoms with van der Waals surface area (Å²) in [5.74, 6) is 0.766. The van der Waals surface area contributed by atoms with Crippen LogP contribution in [-0.2, 0) is 26.2 Å². The Hall–Kier alpha value is -3.47. The number of fused-ring (bicyclic) bond motifs is 1. The fourth-order valence-corrected chi connectivity index (χ4v) is 4.78. The van der Waals surface area contributed by atoms with Crippen LogP contribution in [0.5, 0.6) is 17.2 Å². The maximum atomic E-state index is 13.7. The molecule has 2 aromatic carbocycles. The monoisotopic (exact) mass is 519 g/mol. The van der Waals surface area contributed by atoms with Crippen LogP contribution in [0.4, 0.5) is 5.69 Å². The Balaban J connectivity index is 1.94. The SMILES string of the molecule is CCNC(=O)C(CC)N(Cc1ccc(OC)cc1)C(=O)CN(c1ccc2c(c1)OCCO2)S(C)(=O)=O. The van der Waals surface area contributed by atoms with Crippen LogP contribution >= 0.6 is 0 Å². The van der Waals surface area contributed by atoms with Crippen molar-refractivity contribution in [2.75, 3.05) is 44.0 Å². The first-order valence-corrected chi connectivity index (χ1v) is 13.6. The van der Waals surface area contributed by atoms with Crippen molar-refractivity contribution in [1.82, 2.24) is 10.2 Å². The maximum absolute atomic E-state index is 13.7. The van der Waals surface area contributed by atoms with E-state index in [9.17, 15) is 18.0 Å². The van der Waals surface area contributed by atoms with Crippen LogP contribution in [0.1, 0.15) is 25.8 Å². The second-order valence-electron chi connectivity index (χ2n) is 8.29. The third-order valence-corrected chi connectivity index (χ3v) is 6.88. The number of likely N-dealkylation sites (N-methyl/N-ethyl adjacent to an activating group) is 1. The summed E-state index contributed by atoms with van der Waals surface area (Å²) in [6.45, 7) is 4.40. The minimum atomic E-state index is -3.85. The number of rotatable bonds is 11. The number of nitrogens with zero attached hydrogens (tertiary/aromatic N) is 2. The summed E-state index contributed by atoms with van der Waals surface area (Å²) in [4.78, 5) is 27.9. The molecular formula is C25H33N3O7S. The van der Waals surface area contributed by atoms with Gasteiger partial charge in [0.25, 0.3) is 0 Å². The van der Waals surface area contributed by atoms with Crippen molar-refractivity contribution in [3.05, 3.63) is 48.0 Å². The van der Waals surface area contributed by atoms with Crippen molar-refractivity contribution in [1.29, 1.82) is 0 Å². The molecule has 0 radical (unpaired) electrons. The molecule has 0 spiro atoms. The lowest BCUT2D eigenvalue weighted by atomic mass is 10.1. The Bertz CT molecular complexity index is 1170.